The Morgan fingerprint density at radius 3 is 2.82 bits per heavy atom. The summed E-state index contributed by atoms with van der Waals surface area (Å²) in [6, 6.07) is 0. The van der Waals surface area contributed by atoms with Crippen LogP contribution in [0.3, 0.4) is 0 Å². The van der Waals surface area contributed by atoms with E-state index >= 15 is 0 Å². The Balaban J connectivity index is 2.28. The molecular formula is C13H22N4. The summed E-state index contributed by atoms with van der Waals surface area (Å²) in [6.07, 6.45) is 3.19. The number of rotatable bonds is 3. The van der Waals surface area contributed by atoms with Crippen LogP contribution in [0.1, 0.15) is 44.6 Å². The lowest BCUT2D eigenvalue weighted by atomic mass is 10.2. The lowest BCUT2D eigenvalue weighted by Crippen LogP contribution is -2.23. The summed E-state index contributed by atoms with van der Waals surface area (Å²) >= 11 is 0. The van der Waals surface area contributed by atoms with Crippen molar-refractivity contribution in [2.75, 3.05) is 18.0 Å². The maximum atomic E-state index is 5.80. The van der Waals surface area contributed by atoms with Crippen LogP contribution in [-0.4, -0.2) is 23.1 Å². The van der Waals surface area contributed by atoms with Gasteiger partial charge in [-0.25, -0.2) is 9.97 Å². The van der Waals surface area contributed by atoms with Gasteiger partial charge in [0.05, 0.1) is 17.6 Å². The van der Waals surface area contributed by atoms with Crippen molar-refractivity contribution in [3.05, 3.63) is 17.7 Å². The molecule has 1 aliphatic rings. The van der Waals surface area contributed by atoms with E-state index in [4.69, 9.17) is 5.73 Å². The number of hydrogen-bond donors (Lipinski definition) is 1. The minimum Gasteiger partial charge on any atom is -0.368 e. The topological polar surface area (TPSA) is 55.0 Å². The predicted octanol–water partition coefficient (Wildman–Crippen LogP) is 1.90. The Bertz CT molecular complexity index is 389. The van der Waals surface area contributed by atoms with Crippen molar-refractivity contribution >= 4 is 5.69 Å². The number of hydrogen-bond acceptors (Lipinski definition) is 4. The number of nitrogens with zero attached hydrogens (tertiary/aromatic N) is 3. The first-order valence-corrected chi connectivity index (χ1v) is 6.42. The van der Waals surface area contributed by atoms with Crippen LogP contribution in [0.4, 0.5) is 5.69 Å². The van der Waals surface area contributed by atoms with E-state index in [2.05, 4.69) is 35.6 Å². The Morgan fingerprint density at radius 1 is 1.53 bits per heavy atom. The molecule has 94 valence electrons. The predicted molar refractivity (Wildman–Crippen MR) is 70.0 cm³/mol. The first-order valence-electron chi connectivity index (χ1n) is 6.42. The van der Waals surface area contributed by atoms with Crippen molar-refractivity contribution in [1.29, 1.82) is 0 Å². The summed E-state index contributed by atoms with van der Waals surface area (Å²) < 4.78 is 0. The maximum Gasteiger partial charge on any atom is 0.131 e. The van der Waals surface area contributed by atoms with E-state index in [-0.39, 0.29) is 0 Å². The first kappa shape index (κ1) is 12.3. The highest BCUT2D eigenvalue weighted by Gasteiger charge is 2.22. The van der Waals surface area contributed by atoms with Crippen LogP contribution in [0, 0.1) is 5.92 Å². The highest BCUT2D eigenvalue weighted by Crippen LogP contribution is 2.26. The van der Waals surface area contributed by atoms with Gasteiger partial charge in [-0.1, -0.05) is 20.8 Å². The van der Waals surface area contributed by atoms with Crippen molar-refractivity contribution in [2.24, 2.45) is 11.7 Å². The lowest BCUT2D eigenvalue weighted by Gasteiger charge is -2.21. The molecule has 17 heavy (non-hydrogen) atoms. The van der Waals surface area contributed by atoms with Gasteiger partial charge in [0, 0.05) is 25.6 Å². The Labute approximate surface area is 103 Å². The highest BCUT2D eigenvalue weighted by molar-refractivity contribution is 5.50. The van der Waals surface area contributed by atoms with Crippen LogP contribution in [-0.2, 0) is 6.54 Å². The highest BCUT2D eigenvalue weighted by atomic mass is 15.2. The molecular weight excluding hydrogens is 212 g/mol. The molecule has 0 saturated carbocycles. The van der Waals surface area contributed by atoms with Gasteiger partial charge in [0.1, 0.15) is 5.82 Å². The smallest absolute Gasteiger partial charge is 0.131 e. The van der Waals surface area contributed by atoms with Gasteiger partial charge < -0.3 is 10.6 Å². The fourth-order valence-electron chi connectivity index (χ4n) is 2.27. The van der Waals surface area contributed by atoms with Gasteiger partial charge >= 0.3 is 0 Å². The van der Waals surface area contributed by atoms with Crippen molar-refractivity contribution in [1.82, 2.24) is 9.97 Å². The van der Waals surface area contributed by atoms with Gasteiger partial charge in [0.25, 0.3) is 0 Å². The van der Waals surface area contributed by atoms with E-state index in [0.29, 0.717) is 12.5 Å². The van der Waals surface area contributed by atoms with Crippen LogP contribution in [0.2, 0.25) is 0 Å². The molecule has 1 unspecified atom stereocenters. The third-order valence-electron chi connectivity index (χ3n) is 3.34. The molecule has 1 aliphatic heterocycles. The minimum absolute atomic E-state index is 0.354. The van der Waals surface area contributed by atoms with Gasteiger partial charge in [-0.2, -0.15) is 0 Å². The molecule has 0 spiro atoms. The van der Waals surface area contributed by atoms with Crippen LogP contribution in [0.5, 0.6) is 0 Å². The van der Waals surface area contributed by atoms with Crippen molar-refractivity contribution in [2.45, 2.75) is 39.7 Å². The van der Waals surface area contributed by atoms with Crippen LogP contribution < -0.4 is 10.6 Å². The van der Waals surface area contributed by atoms with Crippen molar-refractivity contribution in [3.63, 3.8) is 0 Å². The molecule has 2 N–H and O–H groups in total. The molecule has 1 saturated heterocycles. The fourth-order valence-corrected chi connectivity index (χ4v) is 2.27. The van der Waals surface area contributed by atoms with E-state index in [1.165, 1.54) is 6.42 Å². The summed E-state index contributed by atoms with van der Waals surface area (Å²) in [5.41, 5.74) is 7.92. The monoisotopic (exact) mass is 234 g/mol. The largest absolute Gasteiger partial charge is 0.368 e. The molecule has 1 aromatic heterocycles. The van der Waals surface area contributed by atoms with Gasteiger partial charge in [-0.3, -0.25) is 0 Å². The quantitative estimate of drug-likeness (QED) is 0.868. The van der Waals surface area contributed by atoms with Gasteiger partial charge in [-0.05, 0) is 12.3 Å². The van der Waals surface area contributed by atoms with E-state index in [1.54, 1.807) is 0 Å². The van der Waals surface area contributed by atoms with E-state index in [0.717, 1.165) is 36.2 Å². The molecule has 1 atom stereocenters. The Morgan fingerprint density at radius 2 is 2.29 bits per heavy atom. The van der Waals surface area contributed by atoms with E-state index in [1.807, 2.05) is 6.20 Å². The lowest BCUT2D eigenvalue weighted by molar-refractivity contribution is 0.658. The average molecular weight is 234 g/mol. The number of anilines is 1. The van der Waals surface area contributed by atoms with Crippen molar-refractivity contribution in [3.8, 4) is 0 Å². The van der Waals surface area contributed by atoms with Crippen LogP contribution in [0.15, 0.2) is 6.20 Å². The SMILES string of the molecule is CC1CCN(c2cnc(C(C)C)nc2CN)C1. The summed E-state index contributed by atoms with van der Waals surface area (Å²) in [5.74, 6) is 2.00. The zero-order chi connectivity index (χ0) is 12.4. The van der Waals surface area contributed by atoms with E-state index in [9.17, 15) is 0 Å². The minimum atomic E-state index is 0.354. The maximum absolute atomic E-state index is 5.80. The second-order valence-corrected chi connectivity index (χ2v) is 5.26. The molecule has 4 nitrogen and oxygen atoms in total. The molecule has 1 fully saturated rings. The third kappa shape index (κ3) is 2.57. The molecule has 1 aromatic rings. The normalized spacial score (nSPS) is 20.3. The zero-order valence-electron chi connectivity index (χ0n) is 11.0. The molecule has 2 rings (SSSR count). The molecule has 0 bridgehead atoms. The molecule has 2 heterocycles. The Hall–Kier alpha value is -1.16. The molecule has 4 heteroatoms. The van der Waals surface area contributed by atoms with Crippen LogP contribution >= 0.6 is 0 Å². The fraction of sp³-hybridized carbons (Fsp3) is 0.692. The van der Waals surface area contributed by atoms with Gasteiger partial charge in [-0.15, -0.1) is 0 Å². The summed E-state index contributed by atoms with van der Waals surface area (Å²) in [5, 5.41) is 0. The standard InChI is InChI=1S/C13H22N4/c1-9(2)13-15-7-12(11(6-14)16-13)17-5-4-10(3)8-17/h7,9-10H,4-6,8,14H2,1-3H3. The molecule has 0 amide bonds. The molecule has 0 aliphatic carbocycles. The molecule has 0 aromatic carbocycles. The first-order chi connectivity index (χ1) is 8.11. The summed E-state index contributed by atoms with van der Waals surface area (Å²) in [7, 11) is 0. The summed E-state index contributed by atoms with van der Waals surface area (Å²) in [4.78, 5) is 11.4. The zero-order valence-corrected chi connectivity index (χ0v) is 11.0. The summed E-state index contributed by atoms with van der Waals surface area (Å²) in [6.45, 7) is 9.17. The third-order valence-corrected chi connectivity index (χ3v) is 3.34. The average Bonchev–Trinajstić information content (AvgIpc) is 2.74. The van der Waals surface area contributed by atoms with Crippen LogP contribution in [0.25, 0.3) is 0 Å². The molecule has 0 radical (unpaired) electrons. The Kier molecular flexibility index (Phi) is 3.62. The van der Waals surface area contributed by atoms with Gasteiger partial charge in [0.15, 0.2) is 0 Å². The van der Waals surface area contributed by atoms with E-state index < -0.39 is 0 Å². The second kappa shape index (κ2) is 5.00. The second-order valence-electron chi connectivity index (χ2n) is 5.26. The number of aromatic nitrogens is 2. The van der Waals surface area contributed by atoms with Gasteiger partial charge in [0.2, 0.25) is 0 Å². The number of nitrogens with two attached hydrogens (primary N) is 1. The van der Waals surface area contributed by atoms with Crippen molar-refractivity contribution < 1.29 is 0 Å².